The van der Waals surface area contributed by atoms with Crippen molar-refractivity contribution in [2.75, 3.05) is 19.0 Å². The molecule has 1 saturated heterocycles. The largest absolute Gasteiger partial charge is 0.331 e. The Kier molecular flexibility index (Phi) is 10.4. The summed E-state index contributed by atoms with van der Waals surface area (Å²) in [5, 5.41) is -0.702. The summed E-state index contributed by atoms with van der Waals surface area (Å²) in [4.78, 5) is 60.9. The molecule has 0 spiro atoms. The lowest BCUT2D eigenvalue weighted by atomic mass is 10.0. The molecule has 1 saturated carbocycles. The molecule has 3 rings (SSSR count). The first kappa shape index (κ1) is 27.1. The first-order valence-corrected chi connectivity index (χ1v) is 15.0. The molecule has 0 radical (unpaired) electrons. The van der Waals surface area contributed by atoms with Crippen LogP contribution in [0.3, 0.4) is 0 Å². The van der Waals surface area contributed by atoms with Crippen LogP contribution in [0.2, 0.25) is 0 Å². The smallest absolute Gasteiger partial charge is 0.324 e. The van der Waals surface area contributed by atoms with Gasteiger partial charge in [-0.25, -0.2) is 0 Å². The van der Waals surface area contributed by atoms with Crippen LogP contribution in [-0.2, 0) is 28.3 Å². The van der Waals surface area contributed by atoms with Gasteiger partial charge in [0.2, 0.25) is 11.8 Å². The van der Waals surface area contributed by atoms with Crippen LogP contribution in [0.5, 0.6) is 0 Å². The van der Waals surface area contributed by atoms with Crippen LogP contribution in [0, 0.1) is 0 Å². The van der Waals surface area contributed by atoms with Gasteiger partial charge in [0.15, 0.2) is 0 Å². The fourth-order valence-electron chi connectivity index (χ4n) is 4.63. The van der Waals surface area contributed by atoms with E-state index in [1.807, 2.05) is 0 Å². The third-order valence-corrected chi connectivity index (χ3v) is 9.83. The van der Waals surface area contributed by atoms with Gasteiger partial charge in [-0.15, -0.1) is 11.8 Å². The molecular weight excluding hydrogens is 479 g/mol. The normalized spacial score (nSPS) is 25.5. The van der Waals surface area contributed by atoms with Crippen LogP contribution >= 0.6 is 19.4 Å². The molecule has 4 amide bonds. The van der Waals surface area contributed by atoms with Crippen molar-refractivity contribution in [2.45, 2.75) is 88.0 Å². The van der Waals surface area contributed by atoms with Crippen molar-refractivity contribution >= 4 is 43.0 Å². The number of hydrogen-bond donors (Lipinski definition) is 1. The molecule has 1 aliphatic carbocycles. The van der Waals surface area contributed by atoms with Crippen molar-refractivity contribution in [3.05, 3.63) is 12.2 Å². The quantitative estimate of drug-likeness (QED) is 0.296. The Morgan fingerprint density at radius 1 is 0.853 bits per heavy atom. The summed E-state index contributed by atoms with van der Waals surface area (Å²) in [6.45, 7) is -0.112. The second-order valence-corrected chi connectivity index (χ2v) is 12.4. The molecule has 2 fully saturated rings. The van der Waals surface area contributed by atoms with Gasteiger partial charge in [0, 0.05) is 31.7 Å². The van der Waals surface area contributed by atoms with E-state index in [4.69, 9.17) is 4.52 Å². The molecular formula is C23H35N2O7PS. The van der Waals surface area contributed by atoms with Crippen molar-refractivity contribution in [3.8, 4) is 0 Å². The fourth-order valence-corrected chi connectivity index (χ4v) is 7.40. The Labute approximate surface area is 205 Å². The maximum absolute atomic E-state index is 13.0. The van der Waals surface area contributed by atoms with Gasteiger partial charge in [0.05, 0.1) is 10.9 Å². The molecule has 34 heavy (non-hydrogen) atoms. The van der Waals surface area contributed by atoms with Crippen LogP contribution in [0.4, 0.5) is 0 Å². The summed E-state index contributed by atoms with van der Waals surface area (Å²) in [6.07, 6.45) is 13.6. The summed E-state index contributed by atoms with van der Waals surface area (Å²) in [5.74, 6) is -1.89. The summed E-state index contributed by atoms with van der Waals surface area (Å²) < 4.78 is 18.4. The summed E-state index contributed by atoms with van der Waals surface area (Å²) in [7, 11) is -3.84. The maximum Gasteiger partial charge on any atom is 0.331 e. The van der Waals surface area contributed by atoms with Gasteiger partial charge >= 0.3 is 7.60 Å². The first-order chi connectivity index (χ1) is 16.3. The van der Waals surface area contributed by atoms with E-state index in [1.165, 1.54) is 19.3 Å². The van der Waals surface area contributed by atoms with E-state index >= 15 is 0 Å². The second-order valence-electron chi connectivity index (χ2n) is 9.13. The summed E-state index contributed by atoms with van der Waals surface area (Å²) in [5.41, 5.74) is -0.394. The number of nitrogens with zero attached hydrogens (tertiary/aromatic N) is 2. The number of rotatable bonds is 8. The molecule has 2 aliphatic heterocycles. The molecule has 2 heterocycles. The number of carbonyl (C=O) groups excluding carboxylic acids is 4. The summed E-state index contributed by atoms with van der Waals surface area (Å²) in [6, 6.07) is 0. The maximum atomic E-state index is 13.0. The molecule has 0 aromatic rings. The minimum absolute atomic E-state index is 0.0356. The number of thioether (sulfide) groups is 1. The molecule has 3 aliphatic rings. The highest BCUT2D eigenvalue weighted by molar-refractivity contribution is 8.00. The Morgan fingerprint density at radius 2 is 1.35 bits per heavy atom. The monoisotopic (exact) mass is 514 g/mol. The lowest BCUT2D eigenvalue weighted by Crippen LogP contribution is -2.41. The molecule has 2 unspecified atom stereocenters. The van der Waals surface area contributed by atoms with E-state index < -0.39 is 36.2 Å². The van der Waals surface area contributed by atoms with Gasteiger partial charge < -0.3 is 4.89 Å². The van der Waals surface area contributed by atoms with Gasteiger partial charge in [0.25, 0.3) is 11.8 Å². The van der Waals surface area contributed by atoms with Gasteiger partial charge in [-0.05, 0) is 12.8 Å². The molecule has 0 aromatic heterocycles. The van der Waals surface area contributed by atoms with Crippen molar-refractivity contribution in [1.29, 1.82) is 0 Å². The van der Waals surface area contributed by atoms with E-state index in [0.717, 1.165) is 72.2 Å². The first-order valence-electron chi connectivity index (χ1n) is 12.3. The molecule has 0 aromatic carbocycles. The second kappa shape index (κ2) is 13.0. The number of imide groups is 2. The van der Waals surface area contributed by atoms with Crippen LogP contribution in [-0.4, -0.2) is 68.3 Å². The third kappa shape index (κ3) is 7.51. The SMILES string of the molecule is O=C1C=CC(=O)N1CCN1C(=O)CC(SCOP(=O)(O)C2CCCCCCCCCCC2)C1=O. The molecule has 190 valence electrons. The van der Waals surface area contributed by atoms with Gasteiger partial charge in [0.1, 0.15) is 5.94 Å². The minimum Gasteiger partial charge on any atom is -0.324 e. The average molecular weight is 515 g/mol. The minimum atomic E-state index is -3.84. The Hall–Kier alpha value is -1.48. The molecule has 2 atom stereocenters. The van der Waals surface area contributed by atoms with E-state index in [2.05, 4.69) is 0 Å². The van der Waals surface area contributed by atoms with Crippen molar-refractivity contribution in [2.24, 2.45) is 0 Å². The van der Waals surface area contributed by atoms with Crippen molar-refractivity contribution < 1.29 is 33.2 Å². The zero-order valence-corrected chi connectivity index (χ0v) is 21.3. The van der Waals surface area contributed by atoms with E-state index in [1.54, 1.807) is 0 Å². The molecule has 11 heteroatoms. The highest BCUT2D eigenvalue weighted by Gasteiger charge is 2.40. The molecule has 9 nitrogen and oxygen atoms in total. The van der Waals surface area contributed by atoms with E-state index in [9.17, 15) is 28.6 Å². The zero-order chi connectivity index (χ0) is 24.6. The Bertz CT molecular complexity index is 819. The molecule has 1 N–H and O–H groups in total. The van der Waals surface area contributed by atoms with Crippen molar-refractivity contribution in [3.63, 3.8) is 0 Å². The van der Waals surface area contributed by atoms with E-state index in [0.29, 0.717) is 12.8 Å². The Balaban J connectivity index is 1.45. The number of likely N-dealkylation sites (tertiary alicyclic amines) is 1. The van der Waals surface area contributed by atoms with Crippen LogP contribution in [0.25, 0.3) is 0 Å². The van der Waals surface area contributed by atoms with E-state index in [-0.39, 0.29) is 31.4 Å². The van der Waals surface area contributed by atoms with Crippen molar-refractivity contribution in [1.82, 2.24) is 9.80 Å². The standard InChI is InChI=1S/C23H35N2O7PS/c26-20-12-13-21(27)24(20)14-15-25-22(28)16-19(23(25)29)34-17-32-33(30,31)18-10-8-6-4-2-1-3-5-7-9-11-18/h12-13,18-19H,1-11,14-17H2,(H,30,31). The van der Waals surface area contributed by atoms with Crippen LogP contribution < -0.4 is 0 Å². The number of amides is 4. The van der Waals surface area contributed by atoms with Gasteiger partial charge in [-0.2, -0.15) is 0 Å². The van der Waals surface area contributed by atoms with Gasteiger partial charge in [-0.1, -0.05) is 57.8 Å². The predicted molar refractivity (Wildman–Crippen MR) is 129 cm³/mol. The summed E-state index contributed by atoms with van der Waals surface area (Å²) >= 11 is 1.05. The zero-order valence-electron chi connectivity index (χ0n) is 19.6. The van der Waals surface area contributed by atoms with Crippen LogP contribution in [0.1, 0.15) is 77.0 Å². The van der Waals surface area contributed by atoms with Crippen LogP contribution in [0.15, 0.2) is 12.2 Å². The predicted octanol–water partition coefficient (Wildman–Crippen LogP) is 3.60. The number of hydrogen-bond acceptors (Lipinski definition) is 7. The number of carbonyl (C=O) groups is 4. The fraction of sp³-hybridized carbons (Fsp3) is 0.739. The molecule has 0 bridgehead atoms. The van der Waals surface area contributed by atoms with Gasteiger partial charge in [-0.3, -0.25) is 38.1 Å². The lowest BCUT2D eigenvalue weighted by Gasteiger charge is -2.23. The Morgan fingerprint density at radius 3 is 1.91 bits per heavy atom. The topological polar surface area (TPSA) is 121 Å². The lowest BCUT2D eigenvalue weighted by molar-refractivity contribution is -0.142. The highest BCUT2D eigenvalue weighted by Crippen LogP contribution is 2.52. The highest BCUT2D eigenvalue weighted by atomic mass is 32.2. The average Bonchev–Trinajstić information content (AvgIpc) is 3.24. The third-order valence-electron chi connectivity index (χ3n) is 6.69.